The summed E-state index contributed by atoms with van der Waals surface area (Å²) in [5.74, 6) is -0.937. The summed E-state index contributed by atoms with van der Waals surface area (Å²) in [5, 5.41) is 12.2. The first-order valence-electron chi connectivity index (χ1n) is 11.7. The number of aliphatic carboxylic acids is 1. The van der Waals surface area contributed by atoms with Crippen LogP contribution in [0.2, 0.25) is 0 Å². The molecule has 0 aliphatic heterocycles. The second-order valence-corrected chi connectivity index (χ2v) is 8.64. The minimum Gasteiger partial charge on any atom is -0.497 e. The van der Waals surface area contributed by atoms with Crippen LogP contribution in [0, 0.1) is 12.7 Å². The van der Waals surface area contributed by atoms with Crippen LogP contribution in [0.5, 0.6) is 11.5 Å². The average molecular weight is 520 g/mol. The smallest absolute Gasteiger partial charge is 0.416 e. The molecule has 3 aromatic carbocycles. The molecular formula is C28H29F4NO4. The number of methoxy groups -OCH3 is 1. The van der Waals surface area contributed by atoms with E-state index in [2.05, 4.69) is 5.32 Å². The summed E-state index contributed by atoms with van der Waals surface area (Å²) in [6.45, 7) is 4.01. The van der Waals surface area contributed by atoms with Crippen molar-refractivity contribution in [3.8, 4) is 22.6 Å². The third kappa shape index (κ3) is 7.45. The SMILES string of the molecule is COc1cccc([C@@H](C)NCCOc2cc(-c3ccc(F)c(CCC(=O)O)c3C)cc(C(F)(F)F)c2)c1. The van der Waals surface area contributed by atoms with E-state index in [0.29, 0.717) is 17.7 Å². The van der Waals surface area contributed by atoms with E-state index in [1.54, 1.807) is 14.0 Å². The van der Waals surface area contributed by atoms with E-state index in [-0.39, 0.29) is 42.4 Å². The lowest BCUT2D eigenvalue weighted by Crippen LogP contribution is -2.24. The maximum absolute atomic E-state index is 14.4. The Hall–Kier alpha value is -3.59. The van der Waals surface area contributed by atoms with Crippen LogP contribution in [-0.4, -0.2) is 31.3 Å². The number of carboxylic acid groups (broad SMARTS) is 1. The number of carboxylic acids is 1. The molecule has 37 heavy (non-hydrogen) atoms. The summed E-state index contributed by atoms with van der Waals surface area (Å²) in [4.78, 5) is 11.0. The number of carbonyl (C=O) groups is 1. The summed E-state index contributed by atoms with van der Waals surface area (Å²) in [6, 6.07) is 13.4. The fraction of sp³-hybridized carbons (Fsp3) is 0.321. The Kier molecular flexibility index (Phi) is 9.15. The number of benzene rings is 3. The van der Waals surface area contributed by atoms with Gasteiger partial charge >= 0.3 is 12.1 Å². The number of hydrogen-bond acceptors (Lipinski definition) is 4. The molecule has 198 valence electrons. The molecule has 1 atom stereocenters. The molecule has 0 radical (unpaired) electrons. The minimum absolute atomic E-state index is 0.0245. The predicted octanol–water partition coefficient (Wildman–Crippen LogP) is 6.58. The Morgan fingerprint density at radius 1 is 1.08 bits per heavy atom. The topological polar surface area (TPSA) is 67.8 Å². The van der Waals surface area contributed by atoms with Crippen molar-refractivity contribution in [3.05, 3.63) is 82.7 Å². The summed E-state index contributed by atoms with van der Waals surface area (Å²) in [7, 11) is 1.58. The fourth-order valence-electron chi connectivity index (χ4n) is 4.05. The van der Waals surface area contributed by atoms with Crippen LogP contribution in [0.15, 0.2) is 54.6 Å². The van der Waals surface area contributed by atoms with Crippen molar-refractivity contribution >= 4 is 5.97 Å². The van der Waals surface area contributed by atoms with Gasteiger partial charge in [0.05, 0.1) is 12.7 Å². The van der Waals surface area contributed by atoms with Crippen LogP contribution >= 0.6 is 0 Å². The van der Waals surface area contributed by atoms with Crippen molar-refractivity contribution in [1.82, 2.24) is 5.32 Å². The Morgan fingerprint density at radius 2 is 1.84 bits per heavy atom. The molecule has 0 spiro atoms. The third-order valence-corrected chi connectivity index (χ3v) is 6.09. The molecule has 0 aromatic heterocycles. The first-order chi connectivity index (χ1) is 17.5. The molecule has 0 saturated carbocycles. The van der Waals surface area contributed by atoms with Crippen LogP contribution < -0.4 is 14.8 Å². The molecule has 0 aliphatic carbocycles. The van der Waals surface area contributed by atoms with Gasteiger partial charge in [-0.25, -0.2) is 4.39 Å². The number of hydrogen-bond donors (Lipinski definition) is 2. The predicted molar refractivity (Wildman–Crippen MR) is 132 cm³/mol. The number of halogens is 4. The number of rotatable bonds is 11. The highest BCUT2D eigenvalue weighted by molar-refractivity contribution is 5.72. The zero-order valence-corrected chi connectivity index (χ0v) is 20.8. The zero-order chi connectivity index (χ0) is 27.2. The van der Waals surface area contributed by atoms with Crippen molar-refractivity contribution in [2.45, 2.75) is 38.9 Å². The van der Waals surface area contributed by atoms with Gasteiger partial charge < -0.3 is 19.9 Å². The molecule has 2 N–H and O–H groups in total. The molecule has 0 fully saturated rings. The highest BCUT2D eigenvalue weighted by Gasteiger charge is 2.32. The van der Waals surface area contributed by atoms with Gasteiger partial charge in [-0.05, 0) is 84.5 Å². The molecule has 0 amide bonds. The lowest BCUT2D eigenvalue weighted by molar-refractivity contribution is -0.138. The Balaban J connectivity index is 1.79. The second-order valence-electron chi connectivity index (χ2n) is 8.64. The van der Waals surface area contributed by atoms with Gasteiger partial charge in [0.1, 0.15) is 23.9 Å². The maximum atomic E-state index is 14.4. The van der Waals surface area contributed by atoms with Crippen LogP contribution in [0.25, 0.3) is 11.1 Å². The quantitative estimate of drug-likeness (QED) is 0.221. The summed E-state index contributed by atoms with van der Waals surface area (Å²) in [5.41, 5.74) is 1.23. The highest BCUT2D eigenvalue weighted by Crippen LogP contribution is 2.37. The molecule has 3 aromatic rings. The van der Waals surface area contributed by atoms with Gasteiger partial charge in [0.15, 0.2) is 0 Å². The zero-order valence-electron chi connectivity index (χ0n) is 20.8. The van der Waals surface area contributed by atoms with Gasteiger partial charge in [-0.1, -0.05) is 18.2 Å². The Morgan fingerprint density at radius 3 is 2.51 bits per heavy atom. The molecule has 0 aliphatic rings. The monoisotopic (exact) mass is 519 g/mol. The molecular weight excluding hydrogens is 490 g/mol. The number of alkyl halides is 3. The van der Waals surface area contributed by atoms with Crippen LogP contribution in [-0.2, 0) is 17.4 Å². The molecule has 0 bridgehead atoms. The molecule has 5 nitrogen and oxygen atoms in total. The number of nitrogens with one attached hydrogen (secondary N) is 1. The molecule has 3 rings (SSSR count). The second kappa shape index (κ2) is 12.1. The van der Waals surface area contributed by atoms with E-state index in [0.717, 1.165) is 29.5 Å². The third-order valence-electron chi connectivity index (χ3n) is 6.09. The van der Waals surface area contributed by atoms with E-state index in [9.17, 15) is 22.4 Å². The Labute approximate surface area is 213 Å². The van der Waals surface area contributed by atoms with Gasteiger partial charge in [-0.2, -0.15) is 13.2 Å². The van der Waals surface area contributed by atoms with E-state index >= 15 is 0 Å². The van der Waals surface area contributed by atoms with Crippen molar-refractivity contribution in [1.29, 1.82) is 0 Å². The lowest BCUT2D eigenvalue weighted by atomic mass is 9.92. The van der Waals surface area contributed by atoms with Crippen LogP contribution in [0.4, 0.5) is 17.6 Å². The van der Waals surface area contributed by atoms with Crippen molar-refractivity contribution in [2.75, 3.05) is 20.3 Å². The van der Waals surface area contributed by atoms with Gasteiger partial charge in [0, 0.05) is 19.0 Å². The standard InChI is InChI=1S/C28H29F4NO4/c1-17-24(7-9-26(29)25(17)8-10-27(34)35)20-13-21(28(30,31)32)16-23(15-20)37-12-11-33-18(2)19-5-4-6-22(14-19)36-3/h4-7,9,13-16,18,33H,8,10-12H2,1-3H3,(H,34,35)/t18-/m1/s1. The average Bonchev–Trinajstić information content (AvgIpc) is 2.85. The van der Waals surface area contributed by atoms with Gasteiger partial charge in [0.2, 0.25) is 0 Å². The molecule has 9 heteroatoms. The molecule has 0 unspecified atom stereocenters. The van der Waals surface area contributed by atoms with Gasteiger partial charge in [-0.3, -0.25) is 4.79 Å². The maximum Gasteiger partial charge on any atom is 0.416 e. The van der Waals surface area contributed by atoms with Crippen LogP contribution in [0.3, 0.4) is 0 Å². The van der Waals surface area contributed by atoms with Crippen molar-refractivity contribution in [2.24, 2.45) is 0 Å². The van der Waals surface area contributed by atoms with Crippen molar-refractivity contribution < 1.29 is 36.9 Å². The minimum atomic E-state index is -4.62. The molecule has 0 heterocycles. The van der Waals surface area contributed by atoms with E-state index < -0.39 is 23.5 Å². The lowest BCUT2D eigenvalue weighted by Gasteiger charge is -2.18. The summed E-state index contributed by atoms with van der Waals surface area (Å²) < 4.78 is 66.2. The largest absolute Gasteiger partial charge is 0.497 e. The van der Waals surface area contributed by atoms with Crippen LogP contribution in [0.1, 0.15) is 41.6 Å². The first-order valence-corrected chi connectivity index (χ1v) is 11.7. The number of ether oxygens (including phenoxy) is 2. The first kappa shape index (κ1) is 28.0. The highest BCUT2D eigenvalue weighted by atomic mass is 19.4. The van der Waals surface area contributed by atoms with Gasteiger partial charge in [-0.15, -0.1) is 0 Å². The van der Waals surface area contributed by atoms with Crippen molar-refractivity contribution in [3.63, 3.8) is 0 Å². The van der Waals surface area contributed by atoms with E-state index in [1.807, 2.05) is 31.2 Å². The Bertz CT molecular complexity index is 1240. The fourth-order valence-corrected chi connectivity index (χ4v) is 4.05. The van der Waals surface area contributed by atoms with E-state index in [4.69, 9.17) is 14.6 Å². The normalized spacial score (nSPS) is 12.3. The molecule has 0 saturated heterocycles. The van der Waals surface area contributed by atoms with Gasteiger partial charge in [0.25, 0.3) is 0 Å². The summed E-state index contributed by atoms with van der Waals surface area (Å²) in [6.07, 6.45) is -4.98. The van der Waals surface area contributed by atoms with E-state index in [1.165, 1.54) is 12.1 Å². The summed E-state index contributed by atoms with van der Waals surface area (Å²) >= 11 is 0.